The summed E-state index contributed by atoms with van der Waals surface area (Å²) >= 11 is 0. The molecule has 31 heavy (non-hydrogen) atoms. The highest BCUT2D eigenvalue weighted by atomic mass is 28.3. The van der Waals surface area contributed by atoms with Crippen LogP contribution in [0.3, 0.4) is 0 Å². The molecule has 0 saturated heterocycles. The third kappa shape index (κ3) is 4.55. The Hall–Kier alpha value is -1.43. The Balaban J connectivity index is 1.82. The average Bonchev–Trinajstić information content (AvgIpc) is 3.20. The van der Waals surface area contributed by atoms with E-state index in [0.29, 0.717) is 5.54 Å². The molecule has 2 aromatic carbocycles. The van der Waals surface area contributed by atoms with Crippen LogP contribution in [0.5, 0.6) is 0 Å². The molecule has 2 aliphatic rings. The Labute approximate surface area is 193 Å². The summed E-state index contributed by atoms with van der Waals surface area (Å²) in [6, 6.07) is 21.2. The number of hydrogen-bond acceptors (Lipinski definition) is 0. The first-order valence-corrected chi connectivity index (χ1v) is 22.5. The second-order valence-electron chi connectivity index (χ2n) is 12.7. The summed E-state index contributed by atoms with van der Waals surface area (Å²) in [5.41, 5.74) is 10.3. The molecule has 1 unspecified atom stereocenters. The zero-order valence-electron chi connectivity index (χ0n) is 20.9. The maximum absolute atomic E-state index is 2.72. The van der Waals surface area contributed by atoms with Crippen molar-refractivity contribution < 1.29 is 0 Å². The molecule has 0 saturated carbocycles. The van der Waals surface area contributed by atoms with Crippen LogP contribution >= 0.6 is 0 Å². The van der Waals surface area contributed by atoms with Crippen molar-refractivity contribution >= 4 is 35.4 Å². The van der Waals surface area contributed by atoms with E-state index in [4.69, 9.17) is 0 Å². The maximum Gasteiger partial charge on any atom is 0.0877 e. The standard InChI is InChI=1S/C28H40Si3/c1-29(2,3)19-22-18-27(25-16-12-11-15-24(22)25)31(7,8)28-17-21-13-9-10-14-23(21)26(28)20-30(4,5)6/h9-16,18,27H,17,19-20H2,1-8H3. The maximum atomic E-state index is 2.72. The first kappa shape index (κ1) is 22.8. The van der Waals surface area contributed by atoms with Gasteiger partial charge in [0.2, 0.25) is 0 Å². The molecule has 4 rings (SSSR count). The van der Waals surface area contributed by atoms with Gasteiger partial charge in [0, 0.05) is 21.7 Å². The summed E-state index contributed by atoms with van der Waals surface area (Å²) in [4.78, 5) is 0. The fourth-order valence-electron chi connectivity index (χ4n) is 5.73. The van der Waals surface area contributed by atoms with Crippen molar-refractivity contribution in [1.29, 1.82) is 0 Å². The molecular formula is C28H40Si3. The lowest BCUT2D eigenvalue weighted by Crippen LogP contribution is -2.37. The van der Waals surface area contributed by atoms with Crippen LogP contribution in [0.2, 0.25) is 64.5 Å². The molecule has 164 valence electrons. The van der Waals surface area contributed by atoms with E-state index in [9.17, 15) is 0 Å². The summed E-state index contributed by atoms with van der Waals surface area (Å²) in [5.74, 6) is 0. The molecule has 2 aliphatic carbocycles. The summed E-state index contributed by atoms with van der Waals surface area (Å²) in [7, 11) is -4.11. The zero-order valence-corrected chi connectivity index (χ0v) is 23.9. The van der Waals surface area contributed by atoms with Gasteiger partial charge in [-0.3, -0.25) is 0 Å². The van der Waals surface area contributed by atoms with Crippen molar-refractivity contribution in [2.45, 2.75) is 76.4 Å². The van der Waals surface area contributed by atoms with E-state index in [1.807, 2.05) is 5.20 Å². The van der Waals surface area contributed by atoms with Crippen LogP contribution in [-0.4, -0.2) is 24.2 Å². The van der Waals surface area contributed by atoms with Gasteiger partial charge < -0.3 is 0 Å². The van der Waals surface area contributed by atoms with Gasteiger partial charge in [-0.05, 0) is 51.9 Å². The minimum absolute atomic E-state index is 0.607. The van der Waals surface area contributed by atoms with Crippen molar-refractivity contribution in [2.75, 3.05) is 0 Å². The molecule has 0 aromatic heterocycles. The summed E-state index contributed by atoms with van der Waals surface area (Å²) < 4.78 is 0. The van der Waals surface area contributed by atoms with Gasteiger partial charge in [0.05, 0.1) is 8.07 Å². The van der Waals surface area contributed by atoms with E-state index < -0.39 is 24.2 Å². The van der Waals surface area contributed by atoms with Gasteiger partial charge in [-0.1, -0.05) is 112 Å². The Morgan fingerprint density at radius 1 is 0.710 bits per heavy atom. The number of rotatable bonds is 6. The fraction of sp³-hybridized carbons (Fsp3) is 0.429. The van der Waals surface area contributed by atoms with Gasteiger partial charge in [0.1, 0.15) is 0 Å². The van der Waals surface area contributed by atoms with Crippen LogP contribution in [-0.2, 0) is 6.42 Å². The van der Waals surface area contributed by atoms with Crippen LogP contribution in [0.25, 0.3) is 11.1 Å². The van der Waals surface area contributed by atoms with Gasteiger partial charge in [-0.25, -0.2) is 0 Å². The van der Waals surface area contributed by atoms with E-state index in [1.165, 1.54) is 18.5 Å². The number of allylic oxidation sites excluding steroid dienone is 4. The molecule has 0 heterocycles. The number of hydrogen-bond donors (Lipinski definition) is 0. The Morgan fingerprint density at radius 2 is 1.29 bits per heavy atom. The van der Waals surface area contributed by atoms with Crippen LogP contribution in [0, 0.1) is 0 Å². The zero-order chi connectivity index (χ0) is 22.6. The molecule has 0 radical (unpaired) electrons. The summed E-state index contributed by atoms with van der Waals surface area (Å²) in [6.07, 6.45) is 3.91. The van der Waals surface area contributed by atoms with Gasteiger partial charge in [0.25, 0.3) is 0 Å². The average molecular weight is 461 g/mol. The van der Waals surface area contributed by atoms with Crippen LogP contribution in [0.4, 0.5) is 0 Å². The normalized spacial score (nSPS) is 18.8. The molecule has 1 atom stereocenters. The molecule has 0 bridgehead atoms. The van der Waals surface area contributed by atoms with Gasteiger partial charge in [-0.15, -0.1) is 0 Å². The lowest BCUT2D eigenvalue weighted by molar-refractivity contribution is 1.13. The Bertz CT molecular complexity index is 1060. The largest absolute Gasteiger partial charge is 0.0877 e. The third-order valence-electron chi connectivity index (χ3n) is 7.07. The molecular weight excluding hydrogens is 421 g/mol. The fourth-order valence-corrected chi connectivity index (χ4v) is 12.5. The number of fused-ring (bicyclic) bond motifs is 2. The minimum Gasteiger partial charge on any atom is -0.0758 e. The molecule has 0 nitrogen and oxygen atoms in total. The van der Waals surface area contributed by atoms with Crippen LogP contribution in [0.15, 0.2) is 59.8 Å². The van der Waals surface area contributed by atoms with Crippen molar-refractivity contribution in [3.8, 4) is 0 Å². The smallest absolute Gasteiger partial charge is 0.0758 e. The minimum atomic E-state index is -1.73. The van der Waals surface area contributed by atoms with Crippen LogP contribution < -0.4 is 0 Å². The van der Waals surface area contributed by atoms with E-state index in [0.717, 1.165) is 0 Å². The molecule has 3 heteroatoms. The van der Waals surface area contributed by atoms with Crippen LogP contribution in [0.1, 0.15) is 27.8 Å². The Morgan fingerprint density at radius 3 is 1.94 bits per heavy atom. The van der Waals surface area contributed by atoms with Crippen molar-refractivity contribution in [3.05, 3.63) is 82.1 Å². The quantitative estimate of drug-likeness (QED) is 0.378. The van der Waals surface area contributed by atoms with Crippen molar-refractivity contribution in [2.24, 2.45) is 0 Å². The Kier molecular flexibility index (Phi) is 5.77. The number of benzene rings is 2. The van der Waals surface area contributed by atoms with E-state index in [-0.39, 0.29) is 0 Å². The first-order valence-electron chi connectivity index (χ1n) is 12.0. The second kappa shape index (κ2) is 7.86. The van der Waals surface area contributed by atoms with Gasteiger partial charge in [0.15, 0.2) is 0 Å². The molecule has 2 aromatic rings. The first-order chi connectivity index (χ1) is 14.4. The highest BCUT2D eigenvalue weighted by Gasteiger charge is 2.43. The highest BCUT2D eigenvalue weighted by Crippen LogP contribution is 2.50. The van der Waals surface area contributed by atoms with Crippen molar-refractivity contribution in [1.82, 2.24) is 0 Å². The molecule has 0 aliphatic heterocycles. The van der Waals surface area contributed by atoms with Crippen molar-refractivity contribution in [3.63, 3.8) is 0 Å². The highest BCUT2D eigenvalue weighted by molar-refractivity contribution is 6.88. The third-order valence-corrected chi connectivity index (χ3v) is 14.0. The van der Waals surface area contributed by atoms with Gasteiger partial charge >= 0.3 is 0 Å². The SMILES string of the molecule is C[Si](C)(C)CC1=CC([Si](C)(C)C2=C(C[Si](C)(C)C)c3ccccc3C2)c2ccccc21. The van der Waals surface area contributed by atoms with Gasteiger partial charge in [-0.2, -0.15) is 0 Å². The summed E-state index contributed by atoms with van der Waals surface area (Å²) in [6.45, 7) is 20.4. The van der Waals surface area contributed by atoms with E-state index in [1.54, 1.807) is 33.4 Å². The lowest BCUT2D eigenvalue weighted by Gasteiger charge is -2.33. The molecule has 0 amide bonds. The second-order valence-corrected chi connectivity index (χ2v) is 28.4. The molecule has 0 N–H and O–H groups in total. The topological polar surface area (TPSA) is 0 Å². The molecule has 0 fully saturated rings. The predicted octanol–water partition coefficient (Wildman–Crippen LogP) is 8.64. The van der Waals surface area contributed by atoms with E-state index >= 15 is 0 Å². The molecule has 0 spiro atoms. The van der Waals surface area contributed by atoms with E-state index in [2.05, 4.69) is 107 Å². The monoisotopic (exact) mass is 460 g/mol. The lowest BCUT2D eigenvalue weighted by atomic mass is 10.1. The summed E-state index contributed by atoms with van der Waals surface area (Å²) in [5, 5.41) is 1.83. The predicted molar refractivity (Wildman–Crippen MR) is 148 cm³/mol.